The van der Waals surface area contributed by atoms with Crippen LogP contribution in [0.4, 0.5) is 0 Å². The van der Waals surface area contributed by atoms with E-state index in [1.807, 2.05) is 19.1 Å². The van der Waals surface area contributed by atoms with Crippen molar-refractivity contribution in [3.63, 3.8) is 0 Å². The van der Waals surface area contributed by atoms with Gasteiger partial charge in [-0.25, -0.2) is 0 Å². The van der Waals surface area contributed by atoms with Gasteiger partial charge >= 0.3 is 5.97 Å². The maximum atomic E-state index is 11.5. The van der Waals surface area contributed by atoms with Crippen molar-refractivity contribution in [1.82, 2.24) is 0 Å². The molecule has 2 aliphatic rings. The molecule has 0 atom stereocenters. The lowest BCUT2D eigenvalue weighted by atomic mass is 9.64. The van der Waals surface area contributed by atoms with Crippen LogP contribution in [-0.4, -0.2) is 17.7 Å². The molecule has 0 amide bonds. The fraction of sp³-hybridized carbons (Fsp3) is 0.500. The predicted molar refractivity (Wildman–Crippen MR) is 63.5 cm³/mol. The first-order chi connectivity index (χ1) is 8.13. The second-order valence-electron chi connectivity index (χ2n) is 5.12. The van der Waals surface area contributed by atoms with Gasteiger partial charge in [0.2, 0.25) is 0 Å². The average Bonchev–Trinajstić information content (AvgIpc) is 2.63. The highest BCUT2D eigenvalue weighted by Crippen LogP contribution is 2.46. The highest BCUT2D eigenvalue weighted by molar-refractivity contribution is 5.83. The Bertz CT molecular complexity index is 486. The molecule has 17 heavy (non-hydrogen) atoms. The molecule has 90 valence electrons. The summed E-state index contributed by atoms with van der Waals surface area (Å²) in [6, 6.07) is 4.04. The van der Waals surface area contributed by atoms with Crippen LogP contribution in [-0.2, 0) is 16.6 Å². The number of carbonyl (C=O) groups is 1. The minimum Gasteiger partial charge on any atom is -0.493 e. The van der Waals surface area contributed by atoms with Gasteiger partial charge in [0.25, 0.3) is 0 Å². The number of rotatable bonds is 2. The molecule has 1 aromatic rings. The van der Waals surface area contributed by atoms with Gasteiger partial charge in [-0.15, -0.1) is 0 Å². The third-order valence-corrected chi connectivity index (χ3v) is 4.14. The van der Waals surface area contributed by atoms with E-state index in [0.717, 1.165) is 49.2 Å². The standard InChI is InChI=1S/C14H16O3/c1-9-7-11(8-10-3-6-17-12(9)10)14(13(15)16)4-2-5-14/h7-8H,2-6H2,1H3,(H,15,16). The number of hydrogen-bond donors (Lipinski definition) is 1. The van der Waals surface area contributed by atoms with Crippen LogP contribution in [0, 0.1) is 6.92 Å². The Morgan fingerprint density at radius 3 is 2.76 bits per heavy atom. The van der Waals surface area contributed by atoms with Crippen molar-refractivity contribution in [2.75, 3.05) is 6.61 Å². The van der Waals surface area contributed by atoms with E-state index in [4.69, 9.17) is 4.74 Å². The molecule has 1 aliphatic carbocycles. The molecule has 1 aromatic carbocycles. The molecular weight excluding hydrogens is 216 g/mol. The third-order valence-electron chi connectivity index (χ3n) is 4.14. The van der Waals surface area contributed by atoms with E-state index in [1.54, 1.807) is 0 Å². The summed E-state index contributed by atoms with van der Waals surface area (Å²) in [5.74, 6) is 0.288. The van der Waals surface area contributed by atoms with Crippen LogP contribution in [0.15, 0.2) is 12.1 Å². The van der Waals surface area contributed by atoms with E-state index < -0.39 is 11.4 Å². The Balaban J connectivity index is 2.10. The average molecular weight is 232 g/mol. The first-order valence-corrected chi connectivity index (χ1v) is 6.14. The highest BCUT2D eigenvalue weighted by atomic mass is 16.5. The van der Waals surface area contributed by atoms with Crippen molar-refractivity contribution in [1.29, 1.82) is 0 Å². The minimum atomic E-state index is -0.679. The Labute approximate surface area is 100 Å². The topological polar surface area (TPSA) is 46.5 Å². The fourth-order valence-corrected chi connectivity index (χ4v) is 2.93. The number of aryl methyl sites for hydroxylation is 1. The highest BCUT2D eigenvalue weighted by Gasteiger charge is 2.46. The second kappa shape index (κ2) is 3.49. The van der Waals surface area contributed by atoms with Gasteiger partial charge in [-0.2, -0.15) is 0 Å². The summed E-state index contributed by atoms with van der Waals surface area (Å²) in [6.07, 6.45) is 3.45. The number of hydrogen-bond acceptors (Lipinski definition) is 2. The van der Waals surface area contributed by atoms with Gasteiger partial charge in [0.15, 0.2) is 0 Å². The van der Waals surface area contributed by atoms with Gasteiger partial charge in [0.05, 0.1) is 12.0 Å². The van der Waals surface area contributed by atoms with Gasteiger partial charge in [0, 0.05) is 6.42 Å². The molecule has 1 N–H and O–H groups in total. The minimum absolute atomic E-state index is 0.623. The Morgan fingerprint density at radius 2 is 2.18 bits per heavy atom. The lowest BCUT2D eigenvalue weighted by Crippen LogP contribution is -2.42. The fourth-order valence-electron chi connectivity index (χ4n) is 2.93. The zero-order valence-corrected chi connectivity index (χ0v) is 9.95. The molecule has 1 fully saturated rings. The van der Waals surface area contributed by atoms with Crippen LogP contribution < -0.4 is 4.74 Å². The van der Waals surface area contributed by atoms with E-state index in [1.165, 1.54) is 5.56 Å². The van der Waals surface area contributed by atoms with E-state index in [0.29, 0.717) is 0 Å². The molecule has 0 spiro atoms. The van der Waals surface area contributed by atoms with Crippen molar-refractivity contribution in [2.45, 2.75) is 38.0 Å². The molecule has 1 aliphatic heterocycles. The lowest BCUT2D eigenvalue weighted by molar-refractivity contribution is -0.147. The number of benzene rings is 1. The van der Waals surface area contributed by atoms with Crippen LogP contribution >= 0.6 is 0 Å². The molecule has 0 aromatic heterocycles. The molecule has 0 bridgehead atoms. The summed E-state index contributed by atoms with van der Waals surface area (Å²) >= 11 is 0. The number of aliphatic carboxylic acids is 1. The van der Waals surface area contributed by atoms with Crippen molar-refractivity contribution < 1.29 is 14.6 Å². The molecule has 0 unspecified atom stereocenters. The van der Waals surface area contributed by atoms with E-state index in [2.05, 4.69) is 0 Å². The zero-order chi connectivity index (χ0) is 12.0. The quantitative estimate of drug-likeness (QED) is 0.851. The lowest BCUT2D eigenvalue weighted by Gasteiger charge is -2.38. The summed E-state index contributed by atoms with van der Waals surface area (Å²) in [5.41, 5.74) is 2.59. The van der Waals surface area contributed by atoms with Crippen LogP contribution in [0.3, 0.4) is 0 Å². The Kier molecular flexibility index (Phi) is 2.18. The smallest absolute Gasteiger partial charge is 0.314 e. The van der Waals surface area contributed by atoms with Gasteiger partial charge in [-0.05, 0) is 36.5 Å². The normalized spacial score (nSPS) is 20.3. The van der Waals surface area contributed by atoms with Crippen LogP contribution in [0.2, 0.25) is 0 Å². The number of fused-ring (bicyclic) bond motifs is 1. The Morgan fingerprint density at radius 1 is 1.41 bits per heavy atom. The number of carboxylic acid groups (broad SMARTS) is 1. The Hall–Kier alpha value is -1.51. The molecule has 0 radical (unpaired) electrons. The van der Waals surface area contributed by atoms with Crippen LogP contribution in [0.1, 0.15) is 36.0 Å². The van der Waals surface area contributed by atoms with Gasteiger partial charge in [-0.3, -0.25) is 4.79 Å². The van der Waals surface area contributed by atoms with Crippen LogP contribution in [0.5, 0.6) is 5.75 Å². The van der Waals surface area contributed by atoms with Gasteiger partial charge in [0.1, 0.15) is 5.75 Å². The maximum absolute atomic E-state index is 11.5. The number of carboxylic acids is 1. The SMILES string of the molecule is Cc1cc(C2(C(=O)O)CCC2)cc2c1OCC2. The van der Waals surface area contributed by atoms with Crippen molar-refractivity contribution in [3.8, 4) is 5.75 Å². The second-order valence-corrected chi connectivity index (χ2v) is 5.12. The maximum Gasteiger partial charge on any atom is 0.314 e. The summed E-state index contributed by atoms with van der Waals surface area (Å²) < 4.78 is 5.56. The molecule has 3 heteroatoms. The molecule has 0 saturated heterocycles. The van der Waals surface area contributed by atoms with Crippen LogP contribution in [0.25, 0.3) is 0 Å². The molecule has 1 saturated carbocycles. The van der Waals surface area contributed by atoms with E-state index in [9.17, 15) is 9.90 Å². The zero-order valence-electron chi connectivity index (χ0n) is 9.95. The monoisotopic (exact) mass is 232 g/mol. The number of ether oxygens (including phenoxy) is 1. The van der Waals surface area contributed by atoms with Crippen molar-refractivity contribution in [3.05, 3.63) is 28.8 Å². The first-order valence-electron chi connectivity index (χ1n) is 6.14. The predicted octanol–water partition coefficient (Wildman–Crippen LogP) is 2.44. The van der Waals surface area contributed by atoms with Gasteiger partial charge < -0.3 is 9.84 Å². The summed E-state index contributed by atoms with van der Waals surface area (Å²) in [4.78, 5) is 11.5. The van der Waals surface area contributed by atoms with Crippen molar-refractivity contribution in [2.24, 2.45) is 0 Å². The van der Waals surface area contributed by atoms with E-state index >= 15 is 0 Å². The van der Waals surface area contributed by atoms with E-state index in [-0.39, 0.29) is 0 Å². The summed E-state index contributed by atoms with van der Waals surface area (Å²) in [6.45, 7) is 2.72. The van der Waals surface area contributed by atoms with Crippen molar-refractivity contribution >= 4 is 5.97 Å². The largest absolute Gasteiger partial charge is 0.493 e. The third kappa shape index (κ3) is 1.38. The first kappa shape index (κ1) is 10.6. The molecule has 1 heterocycles. The molecule has 3 nitrogen and oxygen atoms in total. The molecular formula is C14H16O3. The molecule has 3 rings (SSSR count). The summed E-state index contributed by atoms with van der Waals surface area (Å²) in [5, 5.41) is 9.45. The summed E-state index contributed by atoms with van der Waals surface area (Å²) in [7, 11) is 0. The van der Waals surface area contributed by atoms with Gasteiger partial charge in [-0.1, -0.05) is 18.6 Å².